The summed E-state index contributed by atoms with van der Waals surface area (Å²) in [7, 11) is -3.71. The third-order valence-electron chi connectivity index (χ3n) is 2.98. The minimum atomic E-state index is -3.71. The minimum Gasteiger partial charge on any atom is -0.392 e. The van der Waals surface area contributed by atoms with Gasteiger partial charge in [0.15, 0.2) is 0 Å². The van der Waals surface area contributed by atoms with E-state index in [0.29, 0.717) is 10.9 Å². The van der Waals surface area contributed by atoms with Crippen LogP contribution in [-0.4, -0.2) is 24.4 Å². The first-order chi connectivity index (χ1) is 9.33. The normalized spacial score (nSPS) is 13.3. The Hall–Kier alpha value is -1.57. The van der Waals surface area contributed by atoms with Gasteiger partial charge in [-0.05, 0) is 37.6 Å². The van der Waals surface area contributed by atoms with Crippen LogP contribution in [0, 0.1) is 6.92 Å². The van der Waals surface area contributed by atoms with Gasteiger partial charge in [0.05, 0.1) is 21.4 Å². The van der Waals surface area contributed by atoms with Crippen LogP contribution in [0.2, 0.25) is 0 Å². The first kappa shape index (κ1) is 14.8. The molecule has 0 amide bonds. The number of rotatable bonds is 4. The van der Waals surface area contributed by atoms with E-state index >= 15 is 0 Å². The molecular weight excluding hydrogens is 294 g/mol. The summed E-state index contributed by atoms with van der Waals surface area (Å²) >= 11 is 4.79. The molecule has 0 aliphatic rings. The average Bonchev–Trinajstić information content (AvgIpc) is 2.38. The maximum Gasteiger partial charge on any atom is 0.241 e. The van der Waals surface area contributed by atoms with Gasteiger partial charge in [-0.1, -0.05) is 18.3 Å². The number of aromatic nitrogens is 1. The van der Waals surface area contributed by atoms with E-state index in [4.69, 9.17) is 18.0 Å². The molecule has 0 aliphatic heterocycles. The number of sulfonamides is 1. The van der Waals surface area contributed by atoms with Crippen molar-refractivity contribution in [1.29, 1.82) is 0 Å². The predicted molar refractivity (Wildman–Crippen MR) is 83.0 cm³/mol. The van der Waals surface area contributed by atoms with Crippen LogP contribution in [0.5, 0.6) is 0 Å². The molecular formula is C13H15N3O2S2. The summed E-state index contributed by atoms with van der Waals surface area (Å²) < 4.78 is 27.3. The number of thiocarbonyl (C=S) groups is 1. The summed E-state index contributed by atoms with van der Waals surface area (Å²) in [5.41, 5.74) is 7.03. The van der Waals surface area contributed by atoms with Crippen molar-refractivity contribution < 1.29 is 8.42 Å². The Morgan fingerprint density at radius 2 is 2.10 bits per heavy atom. The molecule has 2 rings (SSSR count). The van der Waals surface area contributed by atoms with Crippen molar-refractivity contribution >= 4 is 38.1 Å². The second-order valence-corrected chi connectivity index (χ2v) is 6.68. The van der Waals surface area contributed by atoms with Gasteiger partial charge in [-0.25, -0.2) is 13.1 Å². The lowest BCUT2D eigenvalue weighted by Gasteiger charge is -2.14. The SMILES string of the molecule is Cc1ccc(S(=O)(=O)NC(C)C(N)=S)c2cccnc12. The van der Waals surface area contributed by atoms with Crippen LogP contribution in [0.25, 0.3) is 10.9 Å². The first-order valence-electron chi connectivity index (χ1n) is 5.99. The van der Waals surface area contributed by atoms with Crippen molar-refractivity contribution in [3.05, 3.63) is 36.0 Å². The number of benzene rings is 1. The molecule has 20 heavy (non-hydrogen) atoms. The molecule has 0 fully saturated rings. The summed E-state index contributed by atoms with van der Waals surface area (Å²) in [4.78, 5) is 4.50. The fourth-order valence-electron chi connectivity index (χ4n) is 1.88. The molecule has 1 heterocycles. The van der Waals surface area contributed by atoms with Gasteiger partial charge in [0.2, 0.25) is 10.0 Å². The fourth-order valence-corrected chi connectivity index (χ4v) is 3.43. The third-order valence-corrected chi connectivity index (χ3v) is 4.93. The third kappa shape index (κ3) is 2.79. The van der Waals surface area contributed by atoms with Gasteiger partial charge in [-0.15, -0.1) is 0 Å². The molecule has 7 heteroatoms. The highest BCUT2D eigenvalue weighted by Crippen LogP contribution is 2.24. The Labute approximate surface area is 123 Å². The zero-order valence-corrected chi connectivity index (χ0v) is 12.8. The molecule has 0 saturated carbocycles. The lowest BCUT2D eigenvalue weighted by Crippen LogP contribution is -2.41. The summed E-state index contributed by atoms with van der Waals surface area (Å²) in [6.07, 6.45) is 1.64. The van der Waals surface area contributed by atoms with Crippen LogP contribution in [0.3, 0.4) is 0 Å². The van der Waals surface area contributed by atoms with E-state index in [-0.39, 0.29) is 9.88 Å². The smallest absolute Gasteiger partial charge is 0.241 e. The standard InChI is InChI=1S/C13H15N3O2S2/c1-8-5-6-11(10-4-3-7-15-12(8)10)20(17,18)16-9(2)13(14)19/h3-7,9,16H,1-2H3,(H2,14,19). The van der Waals surface area contributed by atoms with Crippen LogP contribution >= 0.6 is 12.2 Å². The summed E-state index contributed by atoms with van der Waals surface area (Å²) in [6.45, 7) is 3.49. The number of aryl methyl sites for hydroxylation is 1. The Morgan fingerprint density at radius 1 is 1.40 bits per heavy atom. The zero-order valence-electron chi connectivity index (χ0n) is 11.1. The highest BCUT2D eigenvalue weighted by molar-refractivity contribution is 7.90. The Balaban J connectivity index is 2.58. The number of nitrogens with two attached hydrogens (primary N) is 1. The maximum absolute atomic E-state index is 12.4. The average molecular weight is 309 g/mol. The van der Waals surface area contributed by atoms with E-state index in [9.17, 15) is 8.42 Å². The van der Waals surface area contributed by atoms with Crippen molar-refractivity contribution in [3.63, 3.8) is 0 Å². The van der Waals surface area contributed by atoms with Gasteiger partial charge in [-0.2, -0.15) is 0 Å². The summed E-state index contributed by atoms with van der Waals surface area (Å²) in [5.74, 6) is 0. The van der Waals surface area contributed by atoms with Gasteiger partial charge in [-0.3, -0.25) is 4.98 Å². The van der Waals surface area contributed by atoms with Crippen LogP contribution in [0.4, 0.5) is 0 Å². The van der Waals surface area contributed by atoms with Gasteiger partial charge >= 0.3 is 0 Å². The molecule has 2 aromatic rings. The lowest BCUT2D eigenvalue weighted by molar-refractivity contribution is 0.579. The minimum absolute atomic E-state index is 0.100. The topological polar surface area (TPSA) is 85.1 Å². The number of pyridine rings is 1. The van der Waals surface area contributed by atoms with Crippen molar-refractivity contribution in [1.82, 2.24) is 9.71 Å². The first-order valence-corrected chi connectivity index (χ1v) is 7.88. The summed E-state index contributed by atoms with van der Waals surface area (Å²) in [6, 6.07) is 6.12. The largest absolute Gasteiger partial charge is 0.392 e. The van der Waals surface area contributed by atoms with Crippen LogP contribution in [0.15, 0.2) is 35.4 Å². The van der Waals surface area contributed by atoms with Gasteiger partial charge in [0.25, 0.3) is 0 Å². The Bertz CT molecular complexity index is 772. The molecule has 0 aliphatic carbocycles. The zero-order chi connectivity index (χ0) is 14.9. The lowest BCUT2D eigenvalue weighted by atomic mass is 10.1. The van der Waals surface area contributed by atoms with Gasteiger partial charge in [0.1, 0.15) is 0 Å². The second-order valence-electron chi connectivity index (χ2n) is 4.53. The van der Waals surface area contributed by atoms with Crippen molar-refractivity contribution in [3.8, 4) is 0 Å². The molecule has 1 aromatic heterocycles. The molecule has 1 atom stereocenters. The van der Waals surface area contributed by atoms with E-state index in [2.05, 4.69) is 9.71 Å². The molecule has 3 N–H and O–H groups in total. The molecule has 0 spiro atoms. The van der Waals surface area contributed by atoms with Crippen molar-refractivity contribution in [2.45, 2.75) is 24.8 Å². The second kappa shape index (κ2) is 5.43. The van der Waals surface area contributed by atoms with E-state index < -0.39 is 16.1 Å². The fraction of sp³-hybridized carbons (Fsp3) is 0.231. The van der Waals surface area contributed by atoms with Gasteiger partial charge in [0, 0.05) is 11.6 Å². The molecule has 1 aromatic carbocycles. The van der Waals surface area contributed by atoms with Crippen LogP contribution in [0.1, 0.15) is 12.5 Å². The Morgan fingerprint density at radius 3 is 2.75 bits per heavy atom. The summed E-state index contributed by atoms with van der Waals surface area (Å²) in [5, 5.41) is 0.579. The van der Waals surface area contributed by atoms with E-state index in [1.54, 1.807) is 37.4 Å². The number of nitrogens with one attached hydrogen (secondary N) is 1. The predicted octanol–water partition coefficient (Wildman–Crippen LogP) is 1.50. The molecule has 0 bridgehead atoms. The maximum atomic E-state index is 12.4. The highest BCUT2D eigenvalue weighted by atomic mass is 32.2. The molecule has 5 nitrogen and oxygen atoms in total. The van der Waals surface area contributed by atoms with E-state index in [1.807, 2.05) is 6.92 Å². The van der Waals surface area contributed by atoms with Crippen molar-refractivity contribution in [2.75, 3.05) is 0 Å². The number of nitrogens with zero attached hydrogens (tertiary/aromatic N) is 1. The quantitative estimate of drug-likeness (QED) is 0.836. The highest BCUT2D eigenvalue weighted by Gasteiger charge is 2.21. The molecule has 0 saturated heterocycles. The van der Waals surface area contributed by atoms with E-state index in [1.165, 1.54) is 0 Å². The van der Waals surface area contributed by atoms with Crippen LogP contribution < -0.4 is 10.5 Å². The monoisotopic (exact) mass is 309 g/mol. The molecule has 106 valence electrons. The van der Waals surface area contributed by atoms with E-state index in [0.717, 1.165) is 5.56 Å². The van der Waals surface area contributed by atoms with Gasteiger partial charge < -0.3 is 5.73 Å². The van der Waals surface area contributed by atoms with Crippen LogP contribution in [-0.2, 0) is 10.0 Å². The number of hydrogen-bond acceptors (Lipinski definition) is 4. The molecule has 0 radical (unpaired) electrons. The number of hydrogen-bond donors (Lipinski definition) is 2. The number of fused-ring (bicyclic) bond motifs is 1. The Kier molecular flexibility index (Phi) is 4.03. The molecule has 1 unspecified atom stereocenters. The van der Waals surface area contributed by atoms with Crippen molar-refractivity contribution in [2.24, 2.45) is 5.73 Å².